The number of carbonyl (C=O) groups is 1. The fraction of sp³-hybridized carbons (Fsp3) is 0.458. The molecule has 1 amide bonds. The lowest BCUT2D eigenvalue weighted by atomic mass is 9.75. The molecule has 2 aromatic carbocycles. The third-order valence-corrected chi connectivity index (χ3v) is 8.22. The minimum Gasteiger partial charge on any atom is -0.338 e. The number of amides is 1. The van der Waals surface area contributed by atoms with Crippen molar-refractivity contribution in [1.82, 2.24) is 4.90 Å². The topological polar surface area (TPSA) is 66.5 Å². The highest BCUT2D eigenvalue weighted by Crippen LogP contribution is 2.36. The molecule has 160 valence electrons. The standard InChI is InChI=1S/C24H30N2O3S/c1-17-6-5-9-23(18(17)2)25-30(28,29)22-12-10-20(11-13-22)24(27)26-15-14-19-7-3-4-8-21(19)16-26/h5-6,9-13,19,21,25H,3-4,7-8,14-16H2,1-2H3/t19-,21-/m1/s1. The van der Waals surface area contributed by atoms with Crippen LogP contribution >= 0.6 is 0 Å². The second-order valence-electron chi connectivity index (χ2n) is 8.72. The minimum atomic E-state index is -3.71. The molecule has 0 bridgehead atoms. The number of hydrogen-bond acceptors (Lipinski definition) is 3. The second kappa shape index (κ2) is 8.42. The Morgan fingerprint density at radius 3 is 2.40 bits per heavy atom. The van der Waals surface area contributed by atoms with Crippen molar-refractivity contribution in [2.24, 2.45) is 11.8 Å². The predicted octanol–water partition coefficient (Wildman–Crippen LogP) is 4.76. The Hall–Kier alpha value is -2.34. The van der Waals surface area contributed by atoms with Crippen molar-refractivity contribution >= 4 is 21.6 Å². The molecule has 1 aliphatic heterocycles. The SMILES string of the molecule is Cc1cccc(NS(=O)(=O)c2ccc(C(=O)N3CC[C@H]4CCCC[C@@H]4C3)cc2)c1C. The average molecular weight is 427 g/mol. The number of carbonyl (C=O) groups excluding carboxylic acids is 1. The number of nitrogens with zero attached hydrogens (tertiary/aromatic N) is 1. The van der Waals surface area contributed by atoms with Gasteiger partial charge in [0.2, 0.25) is 0 Å². The molecule has 1 saturated heterocycles. The van der Waals surface area contributed by atoms with Crippen molar-refractivity contribution in [1.29, 1.82) is 0 Å². The molecule has 6 heteroatoms. The first-order valence-electron chi connectivity index (χ1n) is 10.8. The number of anilines is 1. The van der Waals surface area contributed by atoms with E-state index in [1.165, 1.54) is 37.8 Å². The Morgan fingerprint density at radius 1 is 0.967 bits per heavy atom. The van der Waals surface area contributed by atoms with Crippen molar-refractivity contribution in [2.45, 2.75) is 50.8 Å². The van der Waals surface area contributed by atoms with Crippen molar-refractivity contribution in [3.63, 3.8) is 0 Å². The van der Waals surface area contributed by atoms with Crippen LogP contribution in [0, 0.1) is 25.7 Å². The van der Waals surface area contributed by atoms with E-state index in [1.807, 2.05) is 30.9 Å². The van der Waals surface area contributed by atoms with E-state index in [1.54, 1.807) is 18.2 Å². The maximum absolute atomic E-state index is 13.0. The highest BCUT2D eigenvalue weighted by atomic mass is 32.2. The lowest BCUT2D eigenvalue weighted by Gasteiger charge is -2.41. The zero-order chi connectivity index (χ0) is 21.3. The first-order valence-corrected chi connectivity index (χ1v) is 12.3. The summed E-state index contributed by atoms with van der Waals surface area (Å²) in [5.41, 5.74) is 3.05. The van der Waals surface area contributed by atoms with E-state index in [2.05, 4.69) is 4.72 Å². The predicted molar refractivity (Wildman–Crippen MR) is 119 cm³/mol. The first kappa shape index (κ1) is 20.9. The molecular formula is C24H30N2O3S. The Morgan fingerprint density at radius 2 is 1.67 bits per heavy atom. The molecule has 2 atom stereocenters. The molecule has 1 aliphatic carbocycles. The van der Waals surface area contributed by atoms with Gasteiger partial charge in [0.05, 0.1) is 10.6 Å². The van der Waals surface area contributed by atoms with Gasteiger partial charge in [-0.3, -0.25) is 9.52 Å². The number of likely N-dealkylation sites (tertiary alicyclic amines) is 1. The van der Waals surface area contributed by atoms with Crippen molar-refractivity contribution in [3.8, 4) is 0 Å². The Labute approximate surface area is 179 Å². The number of nitrogens with one attached hydrogen (secondary N) is 1. The molecule has 4 rings (SSSR count). The van der Waals surface area contributed by atoms with Crippen LogP contribution in [0.25, 0.3) is 0 Å². The second-order valence-corrected chi connectivity index (χ2v) is 10.4. The van der Waals surface area contributed by atoms with Crippen LogP contribution in [-0.4, -0.2) is 32.3 Å². The van der Waals surface area contributed by atoms with Crippen LogP contribution in [0.4, 0.5) is 5.69 Å². The first-order chi connectivity index (χ1) is 14.3. The zero-order valence-electron chi connectivity index (χ0n) is 17.7. The van der Waals surface area contributed by atoms with Gasteiger partial charge in [-0.2, -0.15) is 0 Å². The fourth-order valence-corrected chi connectivity index (χ4v) is 5.93. The summed E-state index contributed by atoms with van der Waals surface area (Å²) >= 11 is 0. The highest BCUT2D eigenvalue weighted by Gasteiger charge is 2.33. The van der Waals surface area contributed by atoms with Crippen LogP contribution in [0.3, 0.4) is 0 Å². The molecule has 0 spiro atoms. The monoisotopic (exact) mass is 426 g/mol. The lowest BCUT2D eigenvalue weighted by molar-refractivity contribution is 0.0521. The molecule has 1 saturated carbocycles. The third-order valence-electron chi connectivity index (χ3n) is 6.84. The van der Waals surface area contributed by atoms with E-state index in [9.17, 15) is 13.2 Å². The van der Waals surface area contributed by atoms with Gasteiger partial charge in [0, 0.05) is 18.7 Å². The molecule has 1 heterocycles. The molecule has 2 aliphatic rings. The highest BCUT2D eigenvalue weighted by molar-refractivity contribution is 7.92. The number of hydrogen-bond donors (Lipinski definition) is 1. The normalized spacial score (nSPS) is 21.7. The molecule has 2 aromatic rings. The maximum Gasteiger partial charge on any atom is 0.261 e. The van der Waals surface area contributed by atoms with E-state index < -0.39 is 10.0 Å². The van der Waals surface area contributed by atoms with Gasteiger partial charge in [0.15, 0.2) is 0 Å². The summed E-state index contributed by atoms with van der Waals surface area (Å²) in [6, 6.07) is 11.8. The van der Waals surface area contributed by atoms with Crippen LogP contribution < -0.4 is 4.72 Å². The van der Waals surface area contributed by atoms with Gasteiger partial charge in [-0.1, -0.05) is 31.4 Å². The maximum atomic E-state index is 13.0. The van der Waals surface area contributed by atoms with E-state index in [-0.39, 0.29) is 10.8 Å². The van der Waals surface area contributed by atoms with Crippen LogP contribution in [0.5, 0.6) is 0 Å². The summed E-state index contributed by atoms with van der Waals surface area (Å²) in [7, 11) is -3.71. The number of aryl methyl sites for hydroxylation is 1. The summed E-state index contributed by atoms with van der Waals surface area (Å²) in [5, 5.41) is 0. The van der Waals surface area contributed by atoms with Gasteiger partial charge in [0.25, 0.3) is 15.9 Å². The van der Waals surface area contributed by atoms with Crippen LogP contribution in [0.1, 0.15) is 53.6 Å². The smallest absolute Gasteiger partial charge is 0.261 e. The zero-order valence-corrected chi connectivity index (χ0v) is 18.5. The summed E-state index contributed by atoms with van der Waals surface area (Å²) in [5.74, 6) is 1.40. The molecule has 0 radical (unpaired) electrons. The molecular weight excluding hydrogens is 396 g/mol. The summed E-state index contributed by atoms with van der Waals surface area (Å²) in [6.07, 6.45) is 6.19. The van der Waals surface area contributed by atoms with Crippen molar-refractivity contribution < 1.29 is 13.2 Å². The third kappa shape index (κ3) is 4.24. The molecule has 2 fully saturated rings. The Balaban J connectivity index is 1.47. The van der Waals surface area contributed by atoms with Gasteiger partial charge < -0.3 is 4.90 Å². The van der Waals surface area contributed by atoms with Gasteiger partial charge in [-0.05, 0) is 80.0 Å². The molecule has 30 heavy (non-hydrogen) atoms. The van der Waals surface area contributed by atoms with Crippen LogP contribution in [0.2, 0.25) is 0 Å². The molecule has 0 aromatic heterocycles. The van der Waals surface area contributed by atoms with Crippen molar-refractivity contribution in [3.05, 3.63) is 59.2 Å². The van der Waals surface area contributed by atoms with E-state index in [0.29, 0.717) is 17.2 Å². The largest absolute Gasteiger partial charge is 0.338 e. The summed E-state index contributed by atoms with van der Waals surface area (Å²) in [6.45, 7) is 5.47. The van der Waals surface area contributed by atoms with E-state index in [4.69, 9.17) is 0 Å². The number of sulfonamides is 1. The fourth-order valence-electron chi connectivity index (χ4n) is 4.81. The lowest BCUT2D eigenvalue weighted by Crippen LogP contribution is -2.44. The molecule has 5 nitrogen and oxygen atoms in total. The number of rotatable bonds is 4. The molecule has 0 unspecified atom stereocenters. The van der Waals surface area contributed by atoms with E-state index in [0.717, 1.165) is 36.6 Å². The van der Waals surface area contributed by atoms with Crippen LogP contribution in [-0.2, 0) is 10.0 Å². The Kier molecular flexibility index (Phi) is 5.87. The minimum absolute atomic E-state index is 0.00505. The van der Waals surface area contributed by atoms with Crippen LogP contribution in [0.15, 0.2) is 47.4 Å². The summed E-state index contributed by atoms with van der Waals surface area (Å²) < 4.78 is 28.3. The van der Waals surface area contributed by atoms with Gasteiger partial charge in [-0.25, -0.2) is 8.42 Å². The summed E-state index contributed by atoms with van der Waals surface area (Å²) in [4.78, 5) is 15.1. The van der Waals surface area contributed by atoms with E-state index >= 15 is 0 Å². The molecule has 1 N–H and O–H groups in total. The number of piperidine rings is 1. The Bertz CT molecular complexity index is 1030. The van der Waals surface area contributed by atoms with Gasteiger partial charge in [-0.15, -0.1) is 0 Å². The average Bonchev–Trinajstić information content (AvgIpc) is 2.76. The van der Waals surface area contributed by atoms with Gasteiger partial charge in [0.1, 0.15) is 0 Å². The number of fused-ring (bicyclic) bond motifs is 1. The number of benzene rings is 2. The van der Waals surface area contributed by atoms with Crippen molar-refractivity contribution in [2.75, 3.05) is 17.8 Å². The van der Waals surface area contributed by atoms with Gasteiger partial charge >= 0.3 is 0 Å². The quantitative estimate of drug-likeness (QED) is 0.767.